The van der Waals surface area contributed by atoms with Crippen LogP contribution >= 0.6 is 24.0 Å². The minimum absolute atomic E-state index is 0. The summed E-state index contributed by atoms with van der Waals surface area (Å²) in [6, 6.07) is 11.0. The molecule has 0 radical (unpaired) electrons. The highest BCUT2D eigenvalue weighted by molar-refractivity contribution is 14.0. The number of rotatable bonds is 6. The summed E-state index contributed by atoms with van der Waals surface area (Å²) in [7, 11) is 1.74. The molecule has 0 spiro atoms. The lowest BCUT2D eigenvalue weighted by atomic mass is 10.0. The number of piperidine rings is 1. The third kappa shape index (κ3) is 6.62. The first-order valence-corrected chi connectivity index (χ1v) is 10.8. The second-order valence-corrected chi connectivity index (χ2v) is 7.86. The predicted molar refractivity (Wildman–Crippen MR) is 138 cm³/mol. The van der Waals surface area contributed by atoms with Gasteiger partial charge in [-0.25, -0.2) is 4.39 Å². The van der Waals surface area contributed by atoms with Crippen molar-refractivity contribution in [3.05, 3.63) is 59.8 Å². The number of aliphatic imine (C=N–C) groups is 1. The summed E-state index contributed by atoms with van der Waals surface area (Å²) in [6.07, 6.45) is 4.27. The highest BCUT2D eigenvalue weighted by atomic mass is 127. The molecule has 2 aromatic heterocycles. The van der Waals surface area contributed by atoms with Gasteiger partial charge in [0.2, 0.25) is 0 Å². The molecule has 0 bridgehead atoms. The summed E-state index contributed by atoms with van der Waals surface area (Å²) < 4.78 is 19.6. The molecule has 0 aliphatic carbocycles. The third-order valence-corrected chi connectivity index (χ3v) is 5.42. The van der Waals surface area contributed by atoms with E-state index in [0.717, 1.165) is 31.5 Å². The van der Waals surface area contributed by atoms with Crippen LogP contribution < -0.4 is 15.5 Å². The van der Waals surface area contributed by atoms with Crippen LogP contribution in [0.5, 0.6) is 0 Å². The number of aryl methyl sites for hydroxylation is 1. The molecule has 0 amide bonds. The largest absolute Gasteiger partial charge is 0.367 e. The Labute approximate surface area is 210 Å². The minimum atomic E-state index is -0.177. The molecular formula is C23H29FIN7O. The maximum Gasteiger partial charge on any atom is 0.276 e. The first-order chi connectivity index (χ1) is 15.6. The van der Waals surface area contributed by atoms with Crippen molar-refractivity contribution in [1.82, 2.24) is 25.8 Å². The standard InChI is InChI=1S/C23H28FN7O.HI/c1-16-8-9-18(24)20(14-16)31-13-5-6-17(15-31)28-23(25-2)27-12-10-21-29-22(32-30-21)19-7-3-4-11-26-19;/h3-4,7-9,11,14,17H,5-6,10,12-13,15H2,1-2H3,(H2,25,27,28);1H. The second kappa shape index (κ2) is 11.9. The zero-order valence-electron chi connectivity index (χ0n) is 18.8. The summed E-state index contributed by atoms with van der Waals surface area (Å²) in [5, 5.41) is 10.8. The summed E-state index contributed by atoms with van der Waals surface area (Å²) in [4.78, 5) is 15.0. The lowest BCUT2D eigenvalue weighted by Crippen LogP contribution is -2.51. The normalized spacial score (nSPS) is 16.3. The number of pyridine rings is 1. The van der Waals surface area contributed by atoms with Gasteiger partial charge in [-0.15, -0.1) is 24.0 Å². The van der Waals surface area contributed by atoms with Crippen molar-refractivity contribution in [3.8, 4) is 11.6 Å². The number of hydrogen-bond acceptors (Lipinski definition) is 6. The fourth-order valence-corrected chi connectivity index (χ4v) is 3.81. The van der Waals surface area contributed by atoms with Gasteiger partial charge in [0, 0.05) is 45.3 Å². The molecule has 1 aromatic carbocycles. The number of guanidine groups is 1. The van der Waals surface area contributed by atoms with Crippen molar-refractivity contribution in [2.24, 2.45) is 4.99 Å². The lowest BCUT2D eigenvalue weighted by molar-refractivity contribution is 0.421. The lowest BCUT2D eigenvalue weighted by Gasteiger charge is -2.35. The zero-order chi connectivity index (χ0) is 22.3. The Morgan fingerprint density at radius 2 is 2.18 bits per heavy atom. The van der Waals surface area contributed by atoms with Gasteiger partial charge in [0.05, 0.1) is 5.69 Å². The first kappa shape index (κ1) is 24.9. The van der Waals surface area contributed by atoms with Crippen LogP contribution in [0.3, 0.4) is 0 Å². The van der Waals surface area contributed by atoms with E-state index in [-0.39, 0.29) is 35.8 Å². The molecule has 3 aromatic rings. The first-order valence-electron chi connectivity index (χ1n) is 10.8. The number of aromatic nitrogens is 3. The van der Waals surface area contributed by atoms with Crippen LogP contribution in [0.25, 0.3) is 11.6 Å². The quantitative estimate of drug-likeness (QED) is 0.268. The Morgan fingerprint density at radius 1 is 1.30 bits per heavy atom. The van der Waals surface area contributed by atoms with Gasteiger partial charge in [-0.2, -0.15) is 4.98 Å². The van der Waals surface area contributed by atoms with E-state index in [1.165, 1.54) is 0 Å². The van der Waals surface area contributed by atoms with Crippen molar-refractivity contribution in [2.75, 3.05) is 31.6 Å². The minimum Gasteiger partial charge on any atom is -0.367 e. The van der Waals surface area contributed by atoms with E-state index >= 15 is 0 Å². The summed E-state index contributed by atoms with van der Waals surface area (Å²) in [5.74, 6) is 1.54. The third-order valence-electron chi connectivity index (χ3n) is 5.42. The average Bonchev–Trinajstić information content (AvgIpc) is 3.30. The van der Waals surface area contributed by atoms with Crippen LogP contribution in [-0.2, 0) is 6.42 Å². The van der Waals surface area contributed by atoms with Gasteiger partial charge in [-0.1, -0.05) is 17.3 Å². The number of nitrogens with zero attached hydrogens (tertiary/aromatic N) is 5. The molecule has 1 aliphatic rings. The van der Waals surface area contributed by atoms with E-state index in [9.17, 15) is 4.39 Å². The van der Waals surface area contributed by atoms with Gasteiger partial charge in [-0.3, -0.25) is 9.98 Å². The van der Waals surface area contributed by atoms with Crippen molar-refractivity contribution in [1.29, 1.82) is 0 Å². The SMILES string of the molecule is CN=C(NCCc1noc(-c2ccccn2)n1)NC1CCCN(c2cc(C)ccc2F)C1.I. The maximum atomic E-state index is 14.3. The van der Waals surface area contributed by atoms with Gasteiger partial charge in [0.1, 0.15) is 11.5 Å². The highest BCUT2D eigenvalue weighted by Gasteiger charge is 2.23. The molecule has 1 saturated heterocycles. The molecule has 0 saturated carbocycles. The Hall–Kier alpha value is -2.76. The van der Waals surface area contributed by atoms with Crippen LogP contribution in [-0.4, -0.2) is 53.8 Å². The summed E-state index contributed by atoms with van der Waals surface area (Å²) >= 11 is 0. The molecule has 33 heavy (non-hydrogen) atoms. The molecule has 2 N–H and O–H groups in total. The number of hydrogen-bond donors (Lipinski definition) is 2. The fraction of sp³-hybridized carbons (Fsp3) is 0.391. The van der Waals surface area contributed by atoms with Crippen LogP contribution in [0, 0.1) is 12.7 Å². The Balaban J connectivity index is 0.00000306. The highest BCUT2D eigenvalue weighted by Crippen LogP contribution is 2.24. The molecular weight excluding hydrogens is 536 g/mol. The van der Waals surface area contributed by atoms with E-state index in [1.807, 2.05) is 31.2 Å². The van der Waals surface area contributed by atoms with Crippen molar-refractivity contribution < 1.29 is 8.91 Å². The van der Waals surface area contributed by atoms with E-state index in [4.69, 9.17) is 4.52 Å². The molecule has 1 atom stereocenters. The molecule has 1 fully saturated rings. The number of anilines is 1. The monoisotopic (exact) mass is 565 g/mol. The van der Waals surface area contributed by atoms with E-state index in [2.05, 4.69) is 35.7 Å². The van der Waals surface area contributed by atoms with Crippen LogP contribution in [0.2, 0.25) is 0 Å². The molecule has 4 rings (SSSR count). The molecule has 3 heterocycles. The van der Waals surface area contributed by atoms with Gasteiger partial charge in [-0.05, 0) is 49.6 Å². The van der Waals surface area contributed by atoms with Crippen LogP contribution in [0.15, 0.2) is 52.1 Å². The predicted octanol–water partition coefficient (Wildman–Crippen LogP) is 3.57. The van der Waals surface area contributed by atoms with Gasteiger partial charge < -0.3 is 20.1 Å². The number of halogens is 2. The molecule has 10 heteroatoms. The maximum absolute atomic E-state index is 14.3. The van der Waals surface area contributed by atoms with E-state index in [0.29, 0.717) is 42.0 Å². The topological polar surface area (TPSA) is 91.5 Å². The summed E-state index contributed by atoms with van der Waals surface area (Å²) in [5.41, 5.74) is 2.38. The molecule has 1 unspecified atom stereocenters. The van der Waals surface area contributed by atoms with E-state index < -0.39 is 0 Å². The van der Waals surface area contributed by atoms with Crippen molar-refractivity contribution >= 4 is 35.6 Å². The summed E-state index contributed by atoms with van der Waals surface area (Å²) in [6.45, 7) is 4.15. The molecule has 1 aliphatic heterocycles. The van der Waals surface area contributed by atoms with Crippen molar-refractivity contribution in [2.45, 2.75) is 32.2 Å². The number of nitrogens with one attached hydrogen (secondary N) is 2. The smallest absolute Gasteiger partial charge is 0.276 e. The number of benzene rings is 1. The Bertz CT molecular complexity index is 1060. The van der Waals surface area contributed by atoms with Gasteiger partial charge in [0.25, 0.3) is 5.89 Å². The van der Waals surface area contributed by atoms with Crippen LogP contribution in [0.1, 0.15) is 24.2 Å². The Kier molecular flexibility index (Phi) is 8.98. The van der Waals surface area contributed by atoms with Crippen molar-refractivity contribution in [3.63, 3.8) is 0 Å². The fourth-order valence-electron chi connectivity index (χ4n) is 3.81. The van der Waals surface area contributed by atoms with Crippen LogP contribution in [0.4, 0.5) is 10.1 Å². The zero-order valence-corrected chi connectivity index (χ0v) is 21.1. The molecule has 8 nitrogen and oxygen atoms in total. The van der Waals surface area contributed by atoms with Gasteiger partial charge in [0.15, 0.2) is 11.8 Å². The molecule has 176 valence electrons. The second-order valence-electron chi connectivity index (χ2n) is 7.86. The Morgan fingerprint density at radius 3 is 2.97 bits per heavy atom. The average molecular weight is 565 g/mol. The van der Waals surface area contributed by atoms with E-state index in [1.54, 1.807) is 25.4 Å². The van der Waals surface area contributed by atoms with Gasteiger partial charge >= 0.3 is 0 Å².